The Morgan fingerprint density at radius 2 is 1.83 bits per heavy atom. The van der Waals surface area contributed by atoms with Crippen LogP contribution in [-0.2, 0) is 4.79 Å². The van der Waals surface area contributed by atoms with Crippen molar-refractivity contribution >= 4 is 12.0 Å². The Balaban J connectivity index is 1.43. The summed E-state index contributed by atoms with van der Waals surface area (Å²) < 4.78 is 5.72. The van der Waals surface area contributed by atoms with Gasteiger partial charge in [0.15, 0.2) is 0 Å². The Labute approximate surface area is 141 Å². The third-order valence-electron chi connectivity index (χ3n) is 4.87. The lowest BCUT2D eigenvalue weighted by atomic mass is 9.90. The fourth-order valence-corrected chi connectivity index (χ4v) is 3.49. The van der Waals surface area contributed by atoms with Gasteiger partial charge >= 0.3 is 0 Å². The summed E-state index contributed by atoms with van der Waals surface area (Å²) in [4.78, 5) is 18.8. The maximum absolute atomic E-state index is 12.8. The van der Waals surface area contributed by atoms with E-state index in [1.807, 2.05) is 47.6 Å². The fraction of sp³-hybridized carbons (Fsp3) is 0.300. The number of carbonyl (C=O) groups is 1. The number of nitrogens with zero attached hydrogens (tertiary/aromatic N) is 2. The van der Waals surface area contributed by atoms with Gasteiger partial charge in [0, 0.05) is 31.0 Å². The van der Waals surface area contributed by atoms with Crippen LogP contribution in [0.5, 0.6) is 5.75 Å². The van der Waals surface area contributed by atoms with Crippen molar-refractivity contribution < 1.29 is 9.53 Å². The van der Waals surface area contributed by atoms with Crippen LogP contribution in [0.1, 0.15) is 29.9 Å². The van der Waals surface area contributed by atoms with Crippen LogP contribution < -0.4 is 4.74 Å². The van der Waals surface area contributed by atoms with Crippen molar-refractivity contribution in [2.45, 2.75) is 18.8 Å². The summed E-state index contributed by atoms with van der Waals surface area (Å²) in [5, 5.41) is 0. The van der Waals surface area contributed by atoms with E-state index in [-0.39, 0.29) is 5.91 Å². The molecular formula is C20H20N2O2. The van der Waals surface area contributed by atoms with Gasteiger partial charge in [0.2, 0.25) is 0 Å². The lowest BCUT2D eigenvalue weighted by molar-refractivity contribution is -0.128. The zero-order chi connectivity index (χ0) is 16.4. The molecule has 2 aliphatic rings. The summed E-state index contributed by atoms with van der Waals surface area (Å²) in [6, 6.07) is 12.0. The van der Waals surface area contributed by atoms with Gasteiger partial charge < -0.3 is 9.64 Å². The molecule has 1 fully saturated rings. The molecule has 1 aromatic heterocycles. The van der Waals surface area contributed by atoms with E-state index in [1.165, 1.54) is 5.56 Å². The largest absolute Gasteiger partial charge is 0.488 e. The number of amides is 1. The molecule has 4 heteroatoms. The van der Waals surface area contributed by atoms with E-state index in [1.54, 1.807) is 0 Å². The molecule has 0 spiro atoms. The third kappa shape index (κ3) is 2.92. The number of pyridine rings is 1. The molecule has 1 amide bonds. The average molecular weight is 320 g/mol. The molecule has 24 heavy (non-hydrogen) atoms. The van der Waals surface area contributed by atoms with Crippen LogP contribution >= 0.6 is 0 Å². The van der Waals surface area contributed by atoms with Gasteiger partial charge in [0.1, 0.15) is 12.4 Å². The van der Waals surface area contributed by atoms with Crippen molar-refractivity contribution in [2.75, 3.05) is 19.7 Å². The van der Waals surface area contributed by atoms with E-state index < -0.39 is 0 Å². The Kier molecular flexibility index (Phi) is 4.03. The van der Waals surface area contributed by atoms with Crippen molar-refractivity contribution in [3.63, 3.8) is 0 Å². The van der Waals surface area contributed by atoms with Gasteiger partial charge in [-0.25, -0.2) is 0 Å². The van der Waals surface area contributed by atoms with Gasteiger partial charge in [0.25, 0.3) is 5.91 Å². The van der Waals surface area contributed by atoms with E-state index in [0.717, 1.165) is 42.8 Å². The van der Waals surface area contributed by atoms with Crippen LogP contribution in [0.3, 0.4) is 0 Å². The van der Waals surface area contributed by atoms with Crippen molar-refractivity contribution in [1.82, 2.24) is 9.88 Å². The predicted molar refractivity (Wildman–Crippen MR) is 92.7 cm³/mol. The molecule has 1 saturated heterocycles. The number of aromatic nitrogens is 1. The summed E-state index contributed by atoms with van der Waals surface area (Å²) >= 11 is 0. The van der Waals surface area contributed by atoms with Gasteiger partial charge in [-0.3, -0.25) is 9.78 Å². The van der Waals surface area contributed by atoms with Crippen LogP contribution in [0.15, 0.2) is 54.4 Å². The second kappa shape index (κ2) is 6.48. The number of para-hydroxylation sites is 1. The van der Waals surface area contributed by atoms with E-state index >= 15 is 0 Å². The highest BCUT2D eigenvalue weighted by Gasteiger charge is 2.27. The first-order chi connectivity index (χ1) is 11.8. The quantitative estimate of drug-likeness (QED) is 0.853. The van der Waals surface area contributed by atoms with Gasteiger partial charge in [-0.05, 0) is 48.6 Å². The van der Waals surface area contributed by atoms with E-state index in [4.69, 9.17) is 4.74 Å². The van der Waals surface area contributed by atoms with E-state index in [2.05, 4.69) is 17.1 Å². The molecule has 0 radical (unpaired) electrons. The van der Waals surface area contributed by atoms with Crippen molar-refractivity contribution in [3.05, 3.63) is 65.5 Å². The van der Waals surface area contributed by atoms with Crippen LogP contribution in [0, 0.1) is 0 Å². The molecule has 0 N–H and O–H groups in total. The van der Waals surface area contributed by atoms with Crippen LogP contribution in [0.2, 0.25) is 0 Å². The number of piperidine rings is 1. The molecule has 122 valence electrons. The van der Waals surface area contributed by atoms with Crippen LogP contribution in [0.4, 0.5) is 0 Å². The molecule has 4 rings (SSSR count). The number of hydrogen-bond acceptors (Lipinski definition) is 3. The highest BCUT2D eigenvalue weighted by Crippen LogP contribution is 2.30. The Morgan fingerprint density at radius 1 is 1.08 bits per heavy atom. The summed E-state index contributed by atoms with van der Waals surface area (Å²) in [6.07, 6.45) is 7.65. The maximum atomic E-state index is 12.8. The molecule has 2 aromatic rings. The summed E-state index contributed by atoms with van der Waals surface area (Å²) in [6.45, 7) is 1.95. The van der Waals surface area contributed by atoms with Crippen LogP contribution in [-0.4, -0.2) is 35.5 Å². The van der Waals surface area contributed by atoms with Gasteiger partial charge in [-0.15, -0.1) is 0 Å². The average Bonchev–Trinajstić information content (AvgIpc) is 2.68. The first kappa shape index (κ1) is 14.9. The monoisotopic (exact) mass is 320 g/mol. The predicted octanol–water partition coefficient (Wildman–Crippen LogP) is 3.26. The minimum Gasteiger partial charge on any atom is -0.488 e. The highest BCUT2D eigenvalue weighted by atomic mass is 16.5. The second-order valence-electron chi connectivity index (χ2n) is 6.34. The van der Waals surface area contributed by atoms with Gasteiger partial charge in [-0.1, -0.05) is 18.2 Å². The van der Waals surface area contributed by atoms with Crippen LogP contribution in [0.25, 0.3) is 6.08 Å². The normalized spacial score (nSPS) is 17.7. The second-order valence-corrected chi connectivity index (χ2v) is 6.34. The summed E-state index contributed by atoms with van der Waals surface area (Å²) in [5.41, 5.74) is 3.06. The molecule has 3 heterocycles. The standard InChI is InChI=1S/C20H20N2O2/c23-20(18-13-17-3-1-2-4-19(17)24-14-18)22-11-7-16(8-12-22)15-5-9-21-10-6-15/h1-6,9-10,13,16H,7-8,11-12,14H2. The summed E-state index contributed by atoms with van der Waals surface area (Å²) in [7, 11) is 0. The molecule has 4 nitrogen and oxygen atoms in total. The lowest BCUT2D eigenvalue weighted by Gasteiger charge is -2.33. The maximum Gasteiger partial charge on any atom is 0.253 e. The summed E-state index contributed by atoms with van der Waals surface area (Å²) in [5.74, 6) is 1.48. The molecule has 0 saturated carbocycles. The van der Waals surface area contributed by atoms with E-state index in [9.17, 15) is 4.79 Å². The topological polar surface area (TPSA) is 42.4 Å². The minimum absolute atomic E-state index is 0.109. The Bertz CT molecular complexity index is 762. The number of ether oxygens (including phenoxy) is 1. The van der Waals surface area contributed by atoms with Crippen molar-refractivity contribution in [3.8, 4) is 5.75 Å². The zero-order valence-corrected chi connectivity index (χ0v) is 13.5. The number of benzene rings is 1. The van der Waals surface area contributed by atoms with E-state index in [0.29, 0.717) is 12.5 Å². The molecule has 2 aliphatic heterocycles. The van der Waals surface area contributed by atoms with Crippen molar-refractivity contribution in [2.24, 2.45) is 0 Å². The minimum atomic E-state index is 0.109. The molecule has 0 unspecified atom stereocenters. The van der Waals surface area contributed by atoms with Crippen molar-refractivity contribution in [1.29, 1.82) is 0 Å². The SMILES string of the molecule is O=C(C1=Cc2ccccc2OC1)N1CCC(c2ccncc2)CC1. The zero-order valence-electron chi connectivity index (χ0n) is 13.5. The van der Waals surface area contributed by atoms with Gasteiger partial charge in [-0.2, -0.15) is 0 Å². The highest BCUT2D eigenvalue weighted by molar-refractivity contribution is 5.99. The molecular weight excluding hydrogens is 300 g/mol. The number of fused-ring (bicyclic) bond motifs is 1. The third-order valence-corrected chi connectivity index (χ3v) is 4.87. The molecule has 1 aromatic carbocycles. The number of carbonyl (C=O) groups excluding carboxylic acids is 1. The first-order valence-electron chi connectivity index (χ1n) is 8.43. The fourth-order valence-electron chi connectivity index (χ4n) is 3.49. The van der Waals surface area contributed by atoms with Gasteiger partial charge in [0.05, 0.1) is 5.57 Å². The number of hydrogen-bond donors (Lipinski definition) is 0. The smallest absolute Gasteiger partial charge is 0.253 e. The molecule has 0 bridgehead atoms. The number of rotatable bonds is 2. The number of likely N-dealkylation sites (tertiary alicyclic amines) is 1. The Morgan fingerprint density at radius 3 is 2.62 bits per heavy atom. The Hall–Kier alpha value is -2.62. The molecule has 0 atom stereocenters. The molecule has 0 aliphatic carbocycles. The lowest BCUT2D eigenvalue weighted by Crippen LogP contribution is -2.40. The first-order valence-corrected chi connectivity index (χ1v) is 8.43.